The molecule has 0 aliphatic rings. The molecule has 5 heteroatoms. The summed E-state index contributed by atoms with van der Waals surface area (Å²) < 4.78 is 5.47. The van der Waals surface area contributed by atoms with Crippen molar-refractivity contribution in [2.75, 3.05) is 5.32 Å². The number of aromatic nitrogens is 1. The van der Waals surface area contributed by atoms with Crippen LogP contribution < -0.4 is 5.32 Å². The average Bonchev–Trinajstić information content (AvgIpc) is 3.12. The molecule has 1 N–H and O–H groups in total. The van der Waals surface area contributed by atoms with Crippen molar-refractivity contribution < 1.29 is 9.32 Å². The smallest absolute Gasteiger partial charge is 0.255 e. The van der Waals surface area contributed by atoms with Crippen LogP contribution in [0.3, 0.4) is 0 Å². The van der Waals surface area contributed by atoms with Crippen molar-refractivity contribution >= 4 is 22.5 Å². The average molecular weight is 339 g/mol. The molecule has 1 heterocycles. The van der Waals surface area contributed by atoms with Crippen LogP contribution in [0.5, 0.6) is 0 Å². The highest BCUT2D eigenvalue weighted by molar-refractivity contribution is 6.07. The van der Waals surface area contributed by atoms with Crippen molar-refractivity contribution in [2.24, 2.45) is 0 Å². The van der Waals surface area contributed by atoms with Gasteiger partial charge in [0.1, 0.15) is 11.6 Å². The predicted molar refractivity (Wildman–Crippen MR) is 98.6 cm³/mol. The Kier molecular flexibility index (Phi) is 3.92. The first-order valence-corrected chi connectivity index (χ1v) is 8.01. The van der Waals surface area contributed by atoms with Crippen molar-refractivity contribution in [1.29, 1.82) is 5.26 Å². The molecule has 4 rings (SSSR count). The molecular weight excluding hydrogens is 326 g/mol. The van der Waals surface area contributed by atoms with E-state index in [9.17, 15) is 4.79 Å². The lowest BCUT2D eigenvalue weighted by molar-refractivity contribution is 0.102. The molecule has 0 atom stereocenters. The highest BCUT2D eigenvalue weighted by Crippen LogP contribution is 2.29. The second-order valence-electron chi connectivity index (χ2n) is 5.72. The monoisotopic (exact) mass is 339 g/mol. The number of hydrogen-bond donors (Lipinski definition) is 1. The number of para-hydroxylation sites is 1. The van der Waals surface area contributed by atoms with E-state index < -0.39 is 0 Å². The van der Waals surface area contributed by atoms with E-state index in [4.69, 9.17) is 9.78 Å². The first-order chi connectivity index (χ1) is 12.8. The number of fused-ring (bicyclic) bond motifs is 1. The Bertz CT molecular complexity index is 1140. The standard InChI is InChI=1S/C21H13N3O2/c22-13-16-8-4-5-9-18(16)23-21(25)15-10-11-19-17(12-15)20(26-24-19)14-6-2-1-3-7-14/h1-12H,(H,23,25). The molecule has 1 amide bonds. The number of amides is 1. The van der Waals surface area contributed by atoms with Gasteiger partial charge < -0.3 is 9.84 Å². The maximum atomic E-state index is 12.6. The van der Waals surface area contributed by atoms with Crippen LogP contribution in [0.1, 0.15) is 15.9 Å². The third-order valence-electron chi connectivity index (χ3n) is 4.07. The fourth-order valence-electron chi connectivity index (χ4n) is 2.76. The zero-order chi connectivity index (χ0) is 17.9. The van der Waals surface area contributed by atoms with Crippen molar-refractivity contribution in [3.63, 3.8) is 0 Å². The lowest BCUT2D eigenvalue weighted by Gasteiger charge is -2.07. The molecule has 0 aliphatic carbocycles. The van der Waals surface area contributed by atoms with Crippen molar-refractivity contribution in [1.82, 2.24) is 5.16 Å². The molecule has 124 valence electrons. The number of hydrogen-bond acceptors (Lipinski definition) is 4. The summed E-state index contributed by atoms with van der Waals surface area (Å²) >= 11 is 0. The quantitative estimate of drug-likeness (QED) is 0.591. The van der Waals surface area contributed by atoms with Crippen LogP contribution in [0.15, 0.2) is 77.3 Å². The SMILES string of the molecule is N#Cc1ccccc1NC(=O)c1ccc2noc(-c3ccccc3)c2c1. The van der Waals surface area contributed by atoms with Crippen LogP contribution in [0, 0.1) is 11.3 Å². The highest BCUT2D eigenvalue weighted by Gasteiger charge is 2.14. The molecule has 0 bridgehead atoms. The minimum Gasteiger partial charge on any atom is -0.355 e. The summed E-state index contributed by atoms with van der Waals surface area (Å²) in [5.41, 5.74) is 2.93. The number of anilines is 1. The maximum Gasteiger partial charge on any atom is 0.255 e. The summed E-state index contributed by atoms with van der Waals surface area (Å²) in [6, 6.07) is 23.7. The first-order valence-electron chi connectivity index (χ1n) is 8.01. The van der Waals surface area contributed by atoms with E-state index >= 15 is 0 Å². The minimum atomic E-state index is -0.296. The molecule has 4 aromatic rings. The Morgan fingerprint density at radius 3 is 2.58 bits per heavy atom. The van der Waals surface area contributed by atoms with Gasteiger partial charge in [0.2, 0.25) is 0 Å². The van der Waals surface area contributed by atoms with Crippen LogP contribution in [0.25, 0.3) is 22.2 Å². The molecule has 0 aliphatic heterocycles. The molecule has 0 fully saturated rings. The van der Waals surface area contributed by atoms with Gasteiger partial charge in [-0.15, -0.1) is 0 Å². The summed E-state index contributed by atoms with van der Waals surface area (Å²) in [5.74, 6) is 0.322. The van der Waals surface area contributed by atoms with E-state index in [0.717, 1.165) is 10.9 Å². The summed E-state index contributed by atoms with van der Waals surface area (Å²) in [7, 11) is 0. The minimum absolute atomic E-state index is 0.296. The summed E-state index contributed by atoms with van der Waals surface area (Å²) in [6.45, 7) is 0. The van der Waals surface area contributed by atoms with E-state index in [1.54, 1.807) is 42.5 Å². The Hall–Kier alpha value is -3.91. The van der Waals surface area contributed by atoms with Crippen LogP contribution in [-0.2, 0) is 0 Å². The second-order valence-corrected chi connectivity index (χ2v) is 5.72. The Labute approximate surface area is 149 Å². The molecule has 3 aromatic carbocycles. The van der Waals surface area contributed by atoms with Gasteiger partial charge in [-0.25, -0.2) is 0 Å². The van der Waals surface area contributed by atoms with Crippen molar-refractivity contribution in [3.8, 4) is 17.4 Å². The molecular formula is C21H13N3O2. The third kappa shape index (κ3) is 2.80. The Morgan fingerprint density at radius 2 is 1.77 bits per heavy atom. The van der Waals surface area contributed by atoms with Crippen LogP contribution in [-0.4, -0.2) is 11.1 Å². The van der Waals surface area contributed by atoms with Gasteiger partial charge in [0, 0.05) is 11.1 Å². The fourth-order valence-corrected chi connectivity index (χ4v) is 2.76. The van der Waals surface area contributed by atoms with Gasteiger partial charge in [-0.3, -0.25) is 4.79 Å². The lowest BCUT2D eigenvalue weighted by Crippen LogP contribution is -2.12. The lowest BCUT2D eigenvalue weighted by atomic mass is 10.1. The Morgan fingerprint density at radius 1 is 1.00 bits per heavy atom. The molecule has 0 saturated heterocycles. The highest BCUT2D eigenvalue weighted by atomic mass is 16.5. The number of nitrogens with one attached hydrogen (secondary N) is 1. The zero-order valence-corrected chi connectivity index (χ0v) is 13.6. The predicted octanol–water partition coefficient (Wildman–Crippen LogP) is 4.62. The molecule has 0 spiro atoms. The van der Waals surface area contributed by atoms with Crippen LogP contribution >= 0.6 is 0 Å². The van der Waals surface area contributed by atoms with Crippen molar-refractivity contribution in [2.45, 2.75) is 0 Å². The maximum absolute atomic E-state index is 12.6. The number of nitrogens with zero attached hydrogens (tertiary/aromatic N) is 2. The van der Waals surface area contributed by atoms with Gasteiger partial charge in [-0.05, 0) is 30.3 Å². The summed E-state index contributed by atoms with van der Waals surface area (Å²) in [5, 5.41) is 16.8. The number of carbonyl (C=O) groups excluding carboxylic acids is 1. The number of carbonyl (C=O) groups is 1. The fraction of sp³-hybridized carbons (Fsp3) is 0. The molecule has 26 heavy (non-hydrogen) atoms. The Balaban J connectivity index is 1.71. The zero-order valence-electron chi connectivity index (χ0n) is 13.6. The van der Waals surface area contributed by atoms with Gasteiger partial charge in [0.05, 0.1) is 16.6 Å². The van der Waals surface area contributed by atoms with Gasteiger partial charge in [-0.1, -0.05) is 47.6 Å². The van der Waals surface area contributed by atoms with E-state index in [1.165, 1.54) is 0 Å². The van der Waals surface area contributed by atoms with Gasteiger partial charge in [-0.2, -0.15) is 5.26 Å². The summed E-state index contributed by atoms with van der Waals surface area (Å²) in [6.07, 6.45) is 0. The largest absolute Gasteiger partial charge is 0.355 e. The molecule has 0 unspecified atom stereocenters. The van der Waals surface area contributed by atoms with Crippen molar-refractivity contribution in [3.05, 3.63) is 83.9 Å². The first kappa shape index (κ1) is 15.6. The summed E-state index contributed by atoms with van der Waals surface area (Å²) in [4.78, 5) is 12.6. The van der Waals surface area contributed by atoms with Gasteiger partial charge in [0.25, 0.3) is 5.91 Å². The van der Waals surface area contributed by atoms with E-state index in [-0.39, 0.29) is 5.91 Å². The normalized spacial score (nSPS) is 10.4. The molecule has 1 aromatic heterocycles. The molecule has 0 saturated carbocycles. The van der Waals surface area contributed by atoms with E-state index in [0.29, 0.717) is 28.1 Å². The molecule has 0 radical (unpaired) electrons. The van der Waals surface area contributed by atoms with Gasteiger partial charge in [0.15, 0.2) is 5.76 Å². The topological polar surface area (TPSA) is 78.9 Å². The number of nitriles is 1. The molecule has 5 nitrogen and oxygen atoms in total. The van der Waals surface area contributed by atoms with E-state index in [2.05, 4.69) is 16.5 Å². The third-order valence-corrected chi connectivity index (χ3v) is 4.07. The second kappa shape index (κ2) is 6.54. The number of benzene rings is 3. The van der Waals surface area contributed by atoms with Gasteiger partial charge >= 0.3 is 0 Å². The van der Waals surface area contributed by atoms with E-state index in [1.807, 2.05) is 30.3 Å². The van der Waals surface area contributed by atoms with Crippen LogP contribution in [0.2, 0.25) is 0 Å². The number of rotatable bonds is 3. The van der Waals surface area contributed by atoms with Crippen LogP contribution in [0.4, 0.5) is 5.69 Å².